The summed E-state index contributed by atoms with van der Waals surface area (Å²) in [5.41, 5.74) is 7.23. The van der Waals surface area contributed by atoms with Crippen LogP contribution >= 0.6 is 15.9 Å². The Morgan fingerprint density at radius 3 is 2.22 bits per heavy atom. The van der Waals surface area contributed by atoms with E-state index in [9.17, 15) is 9.59 Å². The van der Waals surface area contributed by atoms with Gasteiger partial charge >= 0.3 is 0 Å². The molecule has 0 aliphatic heterocycles. The Labute approximate surface area is 143 Å². The molecule has 0 bridgehead atoms. The fraction of sp³-hybridized carbons (Fsp3) is 0.176. The van der Waals surface area contributed by atoms with Crippen molar-refractivity contribution >= 4 is 27.7 Å². The first-order chi connectivity index (χ1) is 10.9. The molecule has 120 valence electrons. The molecule has 0 saturated heterocycles. The summed E-state index contributed by atoms with van der Waals surface area (Å²) in [5.74, 6) is -0.205. The van der Waals surface area contributed by atoms with E-state index in [-0.39, 0.29) is 6.61 Å². The molecule has 2 aromatic carbocycles. The second-order valence-corrected chi connectivity index (χ2v) is 6.04. The normalized spacial score (nSPS) is 10.0. The van der Waals surface area contributed by atoms with E-state index in [1.807, 2.05) is 32.0 Å². The molecule has 0 aliphatic rings. The quantitative estimate of drug-likeness (QED) is 0.806. The molecular formula is C17H17BrN2O3. The van der Waals surface area contributed by atoms with Crippen molar-refractivity contribution in [2.45, 2.75) is 13.8 Å². The van der Waals surface area contributed by atoms with Gasteiger partial charge in [-0.15, -0.1) is 0 Å². The highest BCUT2D eigenvalue weighted by atomic mass is 79.9. The Hall–Kier alpha value is -2.34. The molecule has 6 heteroatoms. The van der Waals surface area contributed by atoms with E-state index in [0.717, 1.165) is 15.6 Å². The predicted molar refractivity (Wildman–Crippen MR) is 91.2 cm³/mol. The molecule has 0 aliphatic carbocycles. The summed E-state index contributed by atoms with van der Waals surface area (Å²) in [6.45, 7) is 3.74. The summed E-state index contributed by atoms with van der Waals surface area (Å²) >= 11 is 3.29. The molecule has 0 atom stereocenters. The molecule has 0 aromatic heterocycles. The molecule has 0 unspecified atom stereocenters. The molecule has 0 fully saturated rings. The van der Waals surface area contributed by atoms with Gasteiger partial charge in [-0.1, -0.05) is 22.0 Å². The third-order valence-electron chi connectivity index (χ3n) is 2.99. The van der Waals surface area contributed by atoms with Crippen molar-refractivity contribution in [3.8, 4) is 5.75 Å². The van der Waals surface area contributed by atoms with Crippen molar-refractivity contribution in [2.24, 2.45) is 0 Å². The van der Waals surface area contributed by atoms with Crippen LogP contribution in [0, 0.1) is 13.8 Å². The number of hydrogen-bond donors (Lipinski definition) is 2. The van der Waals surface area contributed by atoms with Crippen LogP contribution in [0.4, 0.5) is 0 Å². The number of carbonyl (C=O) groups is 2. The molecule has 23 heavy (non-hydrogen) atoms. The first-order valence-electron chi connectivity index (χ1n) is 7.00. The smallest absolute Gasteiger partial charge is 0.276 e. The highest BCUT2D eigenvalue weighted by molar-refractivity contribution is 9.10. The van der Waals surface area contributed by atoms with Crippen LogP contribution in [0.5, 0.6) is 5.75 Å². The Morgan fingerprint density at radius 2 is 1.61 bits per heavy atom. The maximum Gasteiger partial charge on any atom is 0.276 e. The van der Waals surface area contributed by atoms with Crippen LogP contribution in [0.2, 0.25) is 0 Å². The SMILES string of the molecule is Cc1cc(C)cc(OCC(=O)NNC(=O)c2ccc(Br)cc2)c1. The molecule has 2 aromatic rings. The van der Waals surface area contributed by atoms with Gasteiger partial charge in [0.15, 0.2) is 6.61 Å². The summed E-state index contributed by atoms with van der Waals surface area (Å²) in [7, 11) is 0. The standard InChI is InChI=1S/C17H17BrN2O3/c1-11-7-12(2)9-15(8-11)23-10-16(21)19-20-17(22)13-3-5-14(18)6-4-13/h3-9H,10H2,1-2H3,(H,19,21)(H,20,22). The number of hydrazine groups is 1. The average molecular weight is 377 g/mol. The van der Waals surface area contributed by atoms with E-state index < -0.39 is 11.8 Å². The van der Waals surface area contributed by atoms with Gasteiger partial charge in [0.1, 0.15) is 5.75 Å². The summed E-state index contributed by atoms with van der Waals surface area (Å²) in [4.78, 5) is 23.6. The maximum atomic E-state index is 11.8. The molecule has 5 nitrogen and oxygen atoms in total. The van der Waals surface area contributed by atoms with Crippen LogP contribution in [0.15, 0.2) is 46.9 Å². The highest BCUT2D eigenvalue weighted by Gasteiger charge is 2.08. The van der Waals surface area contributed by atoms with E-state index in [4.69, 9.17) is 4.74 Å². The monoisotopic (exact) mass is 376 g/mol. The van der Waals surface area contributed by atoms with Crippen LogP contribution in [0.3, 0.4) is 0 Å². The first-order valence-corrected chi connectivity index (χ1v) is 7.79. The Balaban J connectivity index is 1.80. The Morgan fingerprint density at radius 1 is 1.00 bits per heavy atom. The second kappa shape index (κ2) is 7.78. The molecule has 0 heterocycles. The molecule has 2 rings (SSSR count). The highest BCUT2D eigenvalue weighted by Crippen LogP contribution is 2.15. The molecule has 0 radical (unpaired) electrons. The van der Waals surface area contributed by atoms with Crippen LogP contribution < -0.4 is 15.6 Å². The van der Waals surface area contributed by atoms with Gasteiger partial charge in [-0.2, -0.15) is 0 Å². The van der Waals surface area contributed by atoms with E-state index in [0.29, 0.717) is 11.3 Å². The van der Waals surface area contributed by atoms with E-state index >= 15 is 0 Å². The van der Waals surface area contributed by atoms with Gasteiger partial charge in [-0.3, -0.25) is 20.4 Å². The number of rotatable bonds is 4. The minimum Gasteiger partial charge on any atom is -0.484 e. The molecule has 0 saturated carbocycles. The van der Waals surface area contributed by atoms with Crippen molar-refractivity contribution < 1.29 is 14.3 Å². The zero-order valence-electron chi connectivity index (χ0n) is 12.9. The van der Waals surface area contributed by atoms with Gasteiger partial charge in [0.2, 0.25) is 0 Å². The van der Waals surface area contributed by atoms with Gasteiger partial charge < -0.3 is 4.74 Å². The lowest BCUT2D eigenvalue weighted by atomic mass is 10.1. The second-order valence-electron chi connectivity index (χ2n) is 5.12. The van der Waals surface area contributed by atoms with Gasteiger partial charge in [-0.25, -0.2) is 0 Å². The summed E-state index contributed by atoms with van der Waals surface area (Å²) in [6.07, 6.45) is 0. The van der Waals surface area contributed by atoms with E-state index in [1.54, 1.807) is 24.3 Å². The third kappa shape index (κ3) is 5.41. The van der Waals surface area contributed by atoms with Crippen LogP contribution in [0.25, 0.3) is 0 Å². The third-order valence-corrected chi connectivity index (χ3v) is 3.52. The zero-order chi connectivity index (χ0) is 16.8. The minimum atomic E-state index is -0.436. The number of nitrogens with one attached hydrogen (secondary N) is 2. The Kier molecular flexibility index (Phi) is 5.76. The fourth-order valence-corrected chi connectivity index (χ4v) is 2.27. The first kappa shape index (κ1) is 17.0. The lowest BCUT2D eigenvalue weighted by Crippen LogP contribution is -2.43. The van der Waals surface area contributed by atoms with Gasteiger partial charge in [-0.05, 0) is 61.4 Å². The minimum absolute atomic E-state index is 0.177. The summed E-state index contributed by atoms with van der Waals surface area (Å²) in [6, 6.07) is 12.5. The number of benzene rings is 2. The van der Waals surface area contributed by atoms with Gasteiger partial charge in [0.25, 0.3) is 11.8 Å². The number of amides is 2. The Bertz CT molecular complexity index is 694. The van der Waals surface area contributed by atoms with Crippen LogP contribution in [-0.4, -0.2) is 18.4 Å². The van der Waals surface area contributed by atoms with Gasteiger partial charge in [0, 0.05) is 10.0 Å². The largest absolute Gasteiger partial charge is 0.484 e. The fourth-order valence-electron chi connectivity index (χ4n) is 2.00. The van der Waals surface area contributed by atoms with Crippen molar-refractivity contribution in [1.82, 2.24) is 10.9 Å². The number of carbonyl (C=O) groups excluding carboxylic acids is 2. The van der Waals surface area contributed by atoms with Crippen LogP contribution in [-0.2, 0) is 4.79 Å². The predicted octanol–water partition coefficient (Wildman–Crippen LogP) is 2.91. The van der Waals surface area contributed by atoms with Crippen molar-refractivity contribution in [3.05, 3.63) is 63.6 Å². The summed E-state index contributed by atoms with van der Waals surface area (Å²) in [5, 5.41) is 0. The van der Waals surface area contributed by atoms with Crippen molar-refractivity contribution in [1.29, 1.82) is 0 Å². The van der Waals surface area contributed by atoms with Crippen LogP contribution in [0.1, 0.15) is 21.5 Å². The topological polar surface area (TPSA) is 67.4 Å². The number of halogens is 1. The summed E-state index contributed by atoms with van der Waals surface area (Å²) < 4.78 is 6.29. The van der Waals surface area contributed by atoms with Gasteiger partial charge in [0.05, 0.1) is 0 Å². The number of ether oxygens (including phenoxy) is 1. The molecule has 2 amide bonds. The number of aryl methyl sites for hydroxylation is 2. The lowest BCUT2D eigenvalue weighted by Gasteiger charge is -2.10. The average Bonchev–Trinajstić information content (AvgIpc) is 2.50. The zero-order valence-corrected chi connectivity index (χ0v) is 14.4. The van der Waals surface area contributed by atoms with Crippen molar-refractivity contribution in [2.75, 3.05) is 6.61 Å². The lowest BCUT2D eigenvalue weighted by molar-refractivity contribution is -0.123. The molecule has 0 spiro atoms. The van der Waals surface area contributed by atoms with E-state index in [2.05, 4.69) is 26.8 Å². The van der Waals surface area contributed by atoms with Crippen molar-refractivity contribution in [3.63, 3.8) is 0 Å². The number of hydrogen-bond acceptors (Lipinski definition) is 3. The van der Waals surface area contributed by atoms with E-state index in [1.165, 1.54) is 0 Å². The molecule has 2 N–H and O–H groups in total. The maximum absolute atomic E-state index is 11.8. The molecular weight excluding hydrogens is 360 g/mol.